The molecule has 0 unspecified atom stereocenters. The van der Waals surface area contributed by atoms with Crippen LogP contribution in [0, 0.1) is 26.6 Å². The number of nitrogens with two attached hydrogens (primary N) is 1. The molecule has 0 atom stereocenters. The van der Waals surface area contributed by atoms with Crippen LogP contribution in [0.2, 0.25) is 0 Å². The van der Waals surface area contributed by atoms with E-state index in [4.69, 9.17) is 10.5 Å². The molecule has 0 fully saturated rings. The smallest absolute Gasteiger partial charge is 0.127 e. The summed E-state index contributed by atoms with van der Waals surface area (Å²) in [6.45, 7) is 6.18. The van der Waals surface area contributed by atoms with Crippen molar-refractivity contribution in [2.24, 2.45) is 0 Å². The minimum Gasteiger partial charge on any atom is -0.488 e. The van der Waals surface area contributed by atoms with Crippen LogP contribution in [-0.4, -0.2) is 0 Å². The summed E-state index contributed by atoms with van der Waals surface area (Å²) in [6.07, 6.45) is 0. The number of ether oxygens (including phenoxy) is 1. The fraction of sp³-hybridized carbons (Fsp3) is 0.250. The van der Waals surface area contributed by atoms with Gasteiger partial charge >= 0.3 is 0 Å². The number of benzene rings is 2. The standard InChI is InChI=1S/C16H18FNO/c1-10-4-6-14(17)8-13(10)9-19-16-11(2)5-7-15(18)12(16)3/h4-8H,9,18H2,1-3H3. The molecule has 0 radical (unpaired) electrons. The quantitative estimate of drug-likeness (QED) is 0.848. The molecule has 2 aromatic carbocycles. The molecule has 2 N–H and O–H groups in total. The highest BCUT2D eigenvalue weighted by molar-refractivity contribution is 5.56. The number of halogens is 1. The van der Waals surface area contributed by atoms with Gasteiger partial charge in [0.15, 0.2) is 0 Å². The van der Waals surface area contributed by atoms with Crippen LogP contribution >= 0.6 is 0 Å². The van der Waals surface area contributed by atoms with Crippen LogP contribution in [0.4, 0.5) is 10.1 Å². The molecule has 0 heterocycles. The predicted molar refractivity (Wildman–Crippen MR) is 75.8 cm³/mol. The van der Waals surface area contributed by atoms with Gasteiger partial charge < -0.3 is 10.5 Å². The van der Waals surface area contributed by atoms with Gasteiger partial charge in [-0.3, -0.25) is 0 Å². The molecule has 0 saturated carbocycles. The highest BCUT2D eigenvalue weighted by Crippen LogP contribution is 2.28. The van der Waals surface area contributed by atoms with E-state index in [0.717, 1.165) is 28.0 Å². The lowest BCUT2D eigenvalue weighted by atomic mass is 10.1. The highest BCUT2D eigenvalue weighted by Gasteiger charge is 2.08. The molecular weight excluding hydrogens is 241 g/mol. The van der Waals surface area contributed by atoms with Crippen LogP contribution in [0.5, 0.6) is 5.75 Å². The third kappa shape index (κ3) is 2.87. The molecule has 0 spiro atoms. The summed E-state index contributed by atoms with van der Waals surface area (Å²) in [5, 5.41) is 0. The van der Waals surface area contributed by atoms with Crippen molar-refractivity contribution < 1.29 is 9.13 Å². The van der Waals surface area contributed by atoms with Crippen LogP contribution in [0.3, 0.4) is 0 Å². The molecule has 2 nitrogen and oxygen atoms in total. The fourth-order valence-corrected chi connectivity index (χ4v) is 2.01. The Labute approximate surface area is 113 Å². The SMILES string of the molecule is Cc1ccc(F)cc1COc1c(C)ccc(N)c1C. The van der Waals surface area contributed by atoms with Crippen LogP contribution in [0.25, 0.3) is 0 Å². The Morgan fingerprint density at radius 1 is 1.05 bits per heavy atom. The number of anilines is 1. The van der Waals surface area contributed by atoms with Crippen molar-refractivity contribution in [2.45, 2.75) is 27.4 Å². The Balaban J connectivity index is 2.24. The van der Waals surface area contributed by atoms with Crippen LogP contribution < -0.4 is 10.5 Å². The normalized spacial score (nSPS) is 10.5. The van der Waals surface area contributed by atoms with Gasteiger partial charge in [0, 0.05) is 11.3 Å². The van der Waals surface area contributed by atoms with Gasteiger partial charge in [0.05, 0.1) is 0 Å². The first kappa shape index (κ1) is 13.4. The van der Waals surface area contributed by atoms with Gasteiger partial charge in [-0.25, -0.2) is 4.39 Å². The van der Waals surface area contributed by atoms with Crippen molar-refractivity contribution in [3.8, 4) is 5.75 Å². The van der Waals surface area contributed by atoms with E-state index >= 15 is 0 Å². The van der Waals surface area contributed by atoms with Gasteiger partial charge in [-0.05, 0) is 55.7 Å². The number of hydrogen-bond acceptors (Lipinski definition) is 2. The Morgan fingerprint density at radius 2 is 1.74 bits per heavy atom. The Morgan fingerprint density at radius 3 is 2.47 bits per heavy atom. The topological polar surface area (TPSA) is 35.2 Å². The second-order valence-electron chi connectivity index (χ2n) is 4.79. The zero-order valence-corrected chi connectivity index (χ0v) is 11.5. The van der Waals surface area contributed by atoms with Gasteiger partial charge in [-0.2, -0.15) is 0 Å². The summed E-state index contributed by atoms with van der Waals surface area (Å²) in [6, 6.07) is 8.51. The van der Waals surface area contributed by atoms with Crippen molar-refractivity contribution in [1.82, 2.24) is 0 Å². The lowest BCUT2D eigenvalue weighted by molar-refractivity contribution is 0.301. The van der Waals surface area contributed by atoms with Gasteiger partial charge in [-0.1, -0.05) is 12.1 Å². The van der Waals surface area contributed by atoms with Gasteiger partial charge in [0.1, 0.15) is 18.2 Å². The van der Waals surface area contributed by atoms with Crippen molar-refractivity contribution >= 4 is 5.69 Å². The van der Waals surface area contributed by atoms with E-state index in [-0.39, 0.29) is 5.82 Å². The van der Waals surface area contributed by atoms with E-state index < -0.39 is 0 Å². The molecule has 0 bridgehead atoms. The molecule has 100 valence electrons. The molecule has 19 heavy (non-hydrogen) atoms. The first-order valence-electron chi connectivity index (χ1n) is 6.22. The van der Waals surface area contributed by atoms with Gasteiger partial charge in [-0.15, -0.1) is 0 Å². The third-order valence-corrected chi connectivity index (χ3v) is 3.33. The maximum Gasteiger partial charge on any atom is 0.127 e. The molecule has 0 saturated heterocycles. The van der Waals surface area contributed by atoms with E-state index in [0.29, 0.717) is 12.3 Å². The molecule has 2 rings (SSSR count). The first-order chi connectivity index (χ1) is 8.99. The zero-order valence-electron chi connectivity index (χ0n) is 11.5. The summed E-state index contributed by atoms with van der Waals surface area (Å²) in [4.78, 5) is 0. The average Bonchev–Trinajstić information content (AvgIpc) is 2.38. The molecule has 0 aliphatic heterocycles. The number of hydrogen-bond donors (Lipinski definition) is 1. The maximum atomic E-state index is 13.2. The summed E-state index contributed by atoms with van der Waals surface area (Å²) in [5.74, 6) is 0.536. The van der Waals surface area contributed by atoms with E-state index in [1.807, 2.05) is 32.9 Å². The second-order valence-corrected chi connectivity index (χ2v) is 4.79. The van der Waals surface area contributed by atoms with E-state index in [9.17, 15) is 4.39 Å². The van der Waals surface area contributed by atoms with Gasteiger partial charge in [0.2, 0.25) is 0 Å². The van der Waals surface area contributed by atoms with Crippen LogP contribution in [0.15, 0.2) is 30.3 Å². The third-order valence-electron chi connectivity index (χ3n) is 3.33. The summed E-state index contributed by atoms with van der Waals surface area (Å²) in [5.41, 5.74) is 10.4. The maximum absolute atomic E-state index is 13.2. The molecule has 0 amide bonds. The largest absolute Gasteiger partial charge is 0.488 e. The number of rotatable bonds is 3. The number of nitrogen functional groups attached to an aromatic ring is 1. The summed E-state index contributed by atoms with van der Waals surface area (Å²) >= 11 is 0. The lowest BCUT2D eigenvalue weighted by Gasteiger charge is -2.14. The Kier molecular flexibility index (Phi) is 3.74. The Bertz CT molecular complexity index is 608. The minimum absolute atomic E-state index is 0.245. The predicted octanol–water partition coefficient (Wildman–Crippen LogP) is 3.91. The number of aryl methyl sites for hydroxylation is 2. The van der Waals surface area contributed by atoms with E-state index in [1.165, 1.54) is 12.1 Å². The van der Waals surface area contributed by atoms with Gasteiger partial charge in [0.25, 0.3) is 0 Å². The molecular formula is C16H18FNO. The second kappa shape index (κ2) is 5.31. The molecule has 0 aliphatic carbocycles. The van der Waals surface area contributed by atoms with Crippen molar-refractivity contribution in [3.05, 3.63) is 58.4 Å². The van der Waals surface area contributed by atoms with E-state index in [1.54, 1.807) is 6.07 Å². The van der Waals surface area contributed by atoms with Crippen LogP contribution in [-0.2, 0) is 6.61 Å². The zero-order chi connectivity index (χ0) is 14.0. The lowest BCUT2D eigenvalue weighted by Crippen LogP contribution is -2.03. The average molecular weight is 259 g/mol. The van der Waals surface area contributed by atoms with Crippen molar-refractivity contribution in [1.29, 1.82) is 0 Å². The minimum atomic E-state index is -0.245. The molecule has 3 heteroatoms. The molecule has 0 aromatic heterocycles. The summed E-state index contributed by atoms with van der Waals surface area (Å²) in [7, 11) is 0. The highest BCUT2D eigenvalue weighted by atomic mass is 19.1. The summed E-state index contributed by atoms with van der Waals surface area (Å²) < 4.78 is 19.0. The monoisotopic (exact) mass is 259 g/mol. The molecule has 2 aromatic rings. The van der Waals surface area contributed by atoms with Crippen LogP contribution in [0.1, 0.15) is 22.3 Å². The van der Waals surface area contributed by atoms with Crippen molar-refractivity contribution in [3.63, 3.8) is 0 Å². The first-order valence-corrected chi connectivity index (χ1v) is 6.22. The van der Waals surface area contributed by atoms with E-state index in [2.05, 4.69) is 0 Å². The van der Waals surface area contributed by atoms with Crippen molar-refractivity contribution in [2.75, 3.05) is 5.73 Å². The fourth-order valence-electron chi connectivity index (χ4n) is 2.01. The Hall–Kier alpha value is -2.03. The molecule has 0 aliphatic rings.